The predicted octanol–water partition coefficient (Wildman–Crippen LogP) is 0.902. The van der Waals surface area contributed by atoms with Gasteiger partial charge >= 0.3 is 0 Å². The van der Waals surface area contributed by atoms with Crippen molar-refractivity contribution in [2.75, 3.05) is 11.9 Å². The molecule has 2 rings (SSSR count). The molecule has 0 aliphatic heterocycles. The van der Waals surface area contributed by atoms with Gasteiger partial charge in [-0.25, -0.2) is 4.68 Å². The third-order valence-corrected chi connectivity index (χ3v) is 3.18. The van der Waals surface area contributed by atoms with Crippen molar-refractivity contribution in [2.24, 2.45) is 7.05 Å². The number of aromatic nitrogens is 4. The van der Waals surface area contributed by atoms with E-state index in [1.807, 2.05) is 18.0 Å². The molecule has 7 heteroatoms. The second-order valence-electron chi connectivity index (χ2n) is 3.71. The first-order valence-electron chi connectivity index (χ1n) is 5.01. The molecule has 0 aliphatic rings. The molecule has 0 unspecified atom stereocenters. The topological polar surface area (TPSA) is 66.8 Å². The lowest BCUT2D eigenvalue weighted by Crippen LogP contribution is -2.25. The van der Waals surface area contributed by atoms with Gasteiger partial charge in [0.15, 0.2) is 0 Å². The fourth-order valence-corrected chi connectivity index (χ4v) is 2.14. The van der Waals surface area contributed by atoms with Crippen LogP contribution in [0, 0.1) is 0 Å². The van der Waals surface area contributed by atoms with Crippen LogP contribution in [0.1, 0.15) is 5.69 Å². The Morgan fingerprint density at radius 3 is 3.00 bits per heavy atom. The molecule has 0 spiro atoms. The zero-order valence-electron chi connectivity index (χ0n) is 9.51. The van der Waals surface area contributed by atoms with E-state index in [4.69, 9.17) is 0 Å². The molecule has 2 aromatic rings. The highest BCUT2D eigenvalue weighted by molar-refractivity contribution is 9.10. The maximum atomic E-state index is 11.7. The van der Waals surface area contributed by atoms with Gasteiger partial charge in [-0.05, 0) is 22.0 Å². The Morgan fingerprint density at radius 1 is 1.59 bits per heavy atom. The van der Waals surface area contributed by atoms with E-state index in [9.17, 15) is 4.79 Å². The van der Waals surface area contributed by atoms with Gasteiger partial charge in [0, 0.05) is 20.3 Å². The molecule has 0 fully saturated rings. The monoisotopic (exact) mass is 297 g/mol. The average molecular weight is 298 g/mol. The van der Waals surface area contributed by atoms with E-state index in [0.29, 0.717) is 11.0 Å². The Balaban J connectivity index is 2.28. The molecular formula is C10H12BrN5O. The maximum Gasteiger partial charge on any atom is 0.282 e. The molecule has 90 valence electrons. The van der Waals surface area contributed by atoms with E-state index in [1.54, 1.807) is 19.4 Å². The van der Waals surface area contributed by atoms with Crippen LogP contribution in [-0.2, 0) is 13.6 Å². The largest absolute Gasteiger partial charge is 0.366 e. The van der Waals surface area contributed by atoms with Crippen LogP contribution < -0.4 is 10.5 Å². The van der Waals surface area contributed by atoms with Gasteiger partial charge in [0.1, 0.15) is 4.47 Å². The maximum absolute atomic E-state index is 11.7. The molecule has 0 radical (unpaired) electrons. The fraction of sp³-hybridized carbons (Fsp3) is 0.300. The minimum atomic E-state index is -0.154. The van der Waals surface area contributed by atoms with E-state index in [-0.39, 0.29) is 5.56 Å². The van der Waals surface area contributed by atoms with Gasteiger partial charge in [0.2, 0.25) is 0 Å². The van der Waals surface area contributed by atoms with Crippen molar-refractivity contribution in [3.05, 3.63) is 39.0 Å². The molecule has 2 heterocycles. The Hall–Kier alpha value is -1.63. The minimum absolute atomic E-state index is 0.154. The number of aryl methyl sites for hydroxylation is 1. The molecule has 0 saturated carbocycles. The Labute approximate surface area is 106 Å². The number of aromatic amines is 1. The van der Waals surface area contributed by atoms with E-state index < -0.39 is 0 Å². The van der Waals surface area contributed by atoms with Gasteiger partial charge < -0.3 is 4.90 Å². The summed E-state index contributed by atoms with van der Waals surface area (Å²) in [6, 6.07) is 1.89. The lowest BCUT2D eigenvalue weighted by molar-refractivity contribution is 0.697. The highest BCUT2D eigenvalue weighted by atomic mass is 79.9. The average Bonchev–Trinajstić information content (AvgIpc) is 2.78. The number of halogens is 1. The van der Waals surface area contributed by atoms with Gasteiger partial charge in [-0.1, -0.05) is 0 Å². The lowest BCUT2D eigenvalue weighted by Gasteiger charge is -2.19. The number of hydrogen-bond donors (Lipinski definition) is 1. The third-order valence-electron chi connectivity index (χ3n) is 2.44. The summed E-state index contributed by atoms with van der Waals surface area (Å²) in [6.45, 7) is 0.632. The first-order valence-corrected chi connectivity index (χ1v) is 5.80. The zero-order valence-corrected chi connectivity index (χ0v) is 11.1. The van der Waals surface area contributed by atoms with Gasteiger partial charge in [-0.3, -0.25) is 9.89 Å². The second-order valence-corrected chi connectivity index (χ2v) is 4.50. The first kappa shape index (κ1) is 11.8. The molecule has 2 aromatic heterocycles. The van der Waals surface area contributed by atoms with E-state index in [2.05, 4.69) is 31.2 Å². The standard InChI is InChI=1S/C10H12BrN5O/c1-15(6-7-3-4-12-14-7)8-5-13-16(2)10(17)9(8)11/h3-5H,6H2,1-2H3,(H,12,14). The van der Waals surface area contributed by atoms with Crippen molar-refractivity contribution in [2.45, 2.75) is 6.54 Å². The first-order chi connectivity index (χ1) is 8.09. The predicted molar refractivity (Wildman–Crippen MR) is 67.9 cm³/mol. The van der Waals surface area contributed by atoms with Gasteiger partial charge in [0.25, 0.3) is 5.56 Å². The quantitative estimate of drug-likeness (QED) is 0.914. The summed E-state index contributed by atoms with van der Waals surface area (Å²) >= 11 is 3.29. The van der Waals surface area contributed by atoms with Crippen LogP contribution in [0.4, 0.5) is 5.69 Å². The van der Waals surface area contributed by atoms with E-state index in [1.165, 1.54) is 4.68 Å². The SMILES string of the molecule is CN(Cc1ccn[nH]1)c1cnn(C)c(=O)c1Br. The summed E-state index contributed by atoms with van der Waals surface area (Å²) < 4.78 is 1.80. The Kier molecular flexibility index (Phi) is 3.28. The van der Waals surface area contributed by atoms with Crippen molar-refractivity contribution in [3.8, 4) is 0 Å². The third kappa shape index (κ3) is 2.38. The summed E-state index contributed by atoms with van der Waals surface area (Å²) in [5, 5.41) is 10.7. The van der Waals surface area contributed by atoms with Crippen LogP contribution in [0.3, 0.4) is 0 Å². The van der Waals surface area contributed by atoms with Crippen LogP contribution in [0.15, 0.2) is 27.7 Å². The van der Waals surface area contributed by atoms with Crippen LogP contribution in [0.5, 0.6) is 0 Å². The van der Waals surface area contributed by atoms with E-state index >= 15 is 0 Å². The highest BCUT2D eigenvalue weighted by Gasteiger charge is 2.11. The number of hydrogen-bond acceptors (Lipinski definition) is 4. The molecule has 6 nitrogen and oxygen atoms in total. The zero-order chi connectivity index (χ0) is 12.4. The minimum Gasteiger partial charge on any atom is -0.366 e. The smallest absolute Gasteiger partial charge is 0.282 e. The fourth-order valence-electron chi connectivity index (χ4n) is 1.48. The molecule has 0 bridgehead atoms. The molecule has 0 saturated heterocycles. The van der Waals surface area contributed by atoms with Crippen LogP contribution >= 0.6 is 15.9 Å². The summed E-state index contributed by atoms with van der Waals surface area (Å²) in [5.74, 6) is 0. The number of H-pyrrole nitrogens is 1. The summed E-state index contributed by atoms with van der Waals surface area (Å²) in [6.07, 6.45) is 3.35. The molecular weight excluding hydrogens is 286 g/mol. The number of nitrogens with one attached hydrogen (secondary N) is 1. The van der Waals surface area contributed by atoms with Gasteiger partial charge in [-0.2, -0.15) is 10.2 Å². The summed E-state index contributed by atoms with van der Waals surface area (Å²) in [7, 11) is 3.51. The molecule has 17 heavy (non-hydrogen) atoms. The van der Waals surface area contributed by atoms with Crippen molar-refractivity contribution < 1.29 is 0 Å². The van der Waals surface area contributed by atoms with Crippen molar-refractivity contribution in [1.29, 1.82) is 0 Å². The van der Waals surface area contributed by atoms with Crippen LogP contribution in [0.2, 0.25) is 0 Å². The van der Waals surface area contributed by atoms with Crippen molar-refractivity contribution >= 4 is 21.6 Å². The van der Waals surface area contributed by atoms with E-state index in [0.717, 1.165) is 11.4 Å². The Morgan fingerprint density at radius 2 is 2.35 bits per heavy atom. The van der Waals surface area contributed by atoms with Crippen molar-refractivity contribution in [3.63, 3.8) is 0 Å². The van der Waals surface area contributed by atoms with Gasteiger partial charge in [0.05, 0.1) is 24.1 Å². The highest BCUT2D eigenvalue weighted by Crippen LogP contribution is 2.21. The lowest BCUT2D eigenvalue weighted by atomic mass is 10.3. The molecule has 0 aromatic carbocycles. The summed E-state index contributed by atoms with van der Waals surface area (Å²) in [4.78, 5) is 13.6. The van der Waals surface area contributed by atoms with Crippen molar-refractivity contribution in [1.82, 2.24) is 20.0 Å². The van der Waals surface area contributed by atoms with Crippen LogP contribution in [0.25, 0.3) is 0 Å². The molecule has 1 N–H and O–H groups in total. The number of nitrogens with zero attached hydrogens (tertiary/aromatic N) is 4. The number of anilines is 1. The number of rotatable bonds is 3. The normalized spacial score (nSPS) is 10.5. The Bertz CT molecular complexity index is 563. The molecule has 0 amide bonds. The van der Waals surface area contributed by atoms with Crippen LogP contribution in [-0.4, -0.2) is 27.0 Å². The second kappa shape index (κ2) is 4.70. The summed E-state index contributed by atoms with van der Waals surface area (Å²) in [5.41, 5.74) is 1.57. The molecule has 0 atom stereocenters. The van der Waals surface area contributed by atoms with Gasteiger partial charge in [-0.15, -0.1) is 0 Å². The molecule has 0 aliphatic carbocycles.